The number of amides is 1. The van der Waals surface area contributed by atoms with E-state index in [1.807, 2.05) is 32.0 Å². The maximum atomic E-state index is 11.3. The second kappa shape index (κ2) is 4.04. The number of anilines is 1. The Kier molecular flexibility index (Phi) is 2.83. The van der Waals surface area contributed by atoms with Gasteiger partial charge in [-0.3, -0.25) is 10.1 Å². The highest BCUT2D eigenvalue weighted by atomic mass is 16.1. The summed E-state index contributed by atoms with van der Waals surface area (Å²) in [5.41, 5.74) is 13.7. The summed E-state index contributed by atoms with van der Waals surface area (Å²) in [6.07, 6.45) is 1.97. The van der Waals surface area contributed by atoms with E-state index in [1.165, 1.54) is 11.1 Å². The van der Waals surface area contributed by atoms with Gasteiger partial charge in [-0.1, -0.05) is 6.07 Å². The van der Waals surface area contributed by atoms with Gasteiger partial charge in [0.2, 0.25) is 5.91 Å². The number of rotatable bonds is 3. The average molecular weight is 233 g/mol. The summed E-state index contributed by atoms with van der Waals surface area (Å²) in [6.45, 7) is 3.62. The fourth-order valence-electron chi connectivity index (χ4n) is 2.29. The molecule has 0 saturated carbocycles. The van der Waals surface area contributed by atoms with Gasteiger partial charge in [0.1, 0.15) is 0 Å². The summed E-state index contributed by atoms with van der Waals surface area (Å²) < 4.78 is 0. The van der Waals surface area contributed by atoms with Gasteiger partial charge in [-0.25, -0.2) is 0 Å². The standard InChI is InChI=1S/C13H19N3O/c1-13(2,12(15)17)16-11-6-3-8-7-9(14)4-5-10(8)11/h4-5,7,11,16H,3,6,14H2,1-2H3,(H2,15,17). The third-order valence-electron chi connectivity index (χ3n) is 3.40. The quantitative estimate of drug-likeness (QED) is 0.684. The van der Waals surface area contributed by atoms with Crippen molar-refractivity contribution in [2.45, 2.75) is 38.3 Å². The Bertz CT molecular complexity index is 454. The Balaban J connectivity index is 2.20. The van der Waals surface area contributed by atoms with Crippen LogP contribution < -0.4 is 16.8 Å². The van der Waals surface area contributed by atoms with Gasteiger partial charge in [0, 0.05) is 11.7 Å². The van der Waals surface area contributed by atoms with E-state index in [0.29, 0.717) is 0 Å². The van der Waals surface area contributed by atoms with Crippen LogP contribution in [0.3, 0.4) is 0 Å². The van der Waals surface area contributed by atoms with Crippen LogP contribution in [0.15, 0.2) is 18.2 Å². The van der Waals surface area contributed by atoms with E-state index in [1.54, 1.807) is 0 Å². The topological polar surface area (TPSA) is 81.1 Å². The highest BCUT2D eigenvalue weighted by Crippen LogP contribution is 2.33. The molecule has 4 nitrogen and oxygen atoms in total. The van der Waals surface area contributed by atoms with Crippen LogP contribution >= 0.6 is 0 Å². The molecule has 0 aliphatic heterocycles. The molecule has 1 unspecified atom stereocenters. The number of aryl methyl sites for hydroxylation is 1. The summed E-state index contributed by atoms with van der Waals surface area (Å²) in [5.74, 6) is -0.332. The Hall–Kier alpha value is -1.55. The maximum Gasteiger partial charge on any atom is 0.237 e. The molecule has 1 amide bonds. The monoisotopic (exact) mass is 233 g/mol. The number of carbonyl (C=O) groups is 1. The van der Waals surface area contributed by atoms with Crippen molar-refractivity contribution in [3.63, 3.8) is 0 Å². The molecule has 1 aromatic carbocycles. The van der Waals surface area contributed by atoms with Gasteiger partial charge >= 0.3 is 0 Å². The van der Waals surface area contributed by atoms with Crippen LogP contribution in [-0.2, 0) is 11.2 Å². The van der Waals surface area contributed by atoms with Crippen molar-refractivity contribution in [3.05, 3.63) is 29.3 Å². The summed E-state index contributed by atoms with van der Waals surface area (Å²) in [5, 5.41) is 3.31. The molecule has 17 heavy (non-hydrogen) atoms. The Labute approximate surface area is 101 Å². The van der Waals surface area contributed by atoms with Crippen LogP contribution in [0, 0.1) is 0 Å². The third-order valence-corrected chi connectivity index (χ3v) is 3.40. The minimum Gasteiger partial charge on any atom is -0.399 e. The first-order valence-electron chi connectivity index (χ1n) is 5.86. The highest BCUT2D eigenvalue weighted by Gasteiger charge is 2.31. The molecule has 1 atom stereocenters. The Morgan fingerprint density at radius 1 is 1.47 bits per heavy atom. The number of nitrogens with two attached hydrogens (primary N) is 2. The minimum absolute atomic E-state index is 0.188. The van der Waals surface area contributed by atoms with E-state index in [-0.39, 0.29) is 11.9 Å². The summed E-state index contributed by atoms with van der Waals surface area (Å²) in [4.78, 5) is 11.3. The van der Waals surface area contributed by atoms with Gasteiger partial charge in [-0.15, -0.1) is 0 Å². The largest absolute Gasteiger partial charge is 0.399 e. The van der Waals surface area contributed by atoms with Crippen molar-refractivity contribution >= 4 is 11.6 Å². The van der Waals surface area contributed by atoms with E-state index in [9.17, 15) is 4.79 Å². The third kappa shape index (κ3) is 2.26. The lowest BCUT2D eigenvalue weighted by atomic mass is 10.0. The van der Waals surface area contributed by atoms with E-state index >= 15 is 0 Å². The number of carbonyl (C=O) groups excluding carboxylic acids is 1. The molecule has 0 fully saturated rings. The van der Waals surface area contributed by atoms with Gasteiger partial charge in [-0.2, -0.15) is 0 Å². The minimum atomic E-state index is -0.687. The predicted molar refractivity (Wildman–Crippen MR) is 68.3 cm³/mol. The van der Waals surface area contributed by atoms with Gasteiger partial charge in [-0.05, 0) is 49.9 Å². The van der Waals surface area contributed by atoms with Gasteiger partial charge in [0.15, 0.2) is 0 Å². The van der Waals surface area contributed by atoms with Crippen molar-refractivity contribution in [1.29, 1.82) is 0 Å². The van der Waals surface area contributed by atoms with Gasteiger partial charge in [0.25, 0.3) is 0 Å². The first-order chi connectivity index (χ1) is 7.90. The predicted octanol–water partition coefficient (Wildman–Crippen LogP) is 1.11. The van der Waals surface area contributed by atoms with Crippen LogP contribution in [0.2, 0.25) is 0 Å². The van der Waals surface area contributed by atoms with Crippen LogP contribution in [-0.4, -0.2) is 11.4 Å². The first-order valence-corrected chi connectivity index (χ1v) is 5.86. The number of nitrogens with one attached hydrogen (secondary N) is 1. The molecular formula is C13H19N3O. The molecule has 5 N–H and O–H groups in total. The Morgan fingerprint density at radius 3 is 2.82 bits per heavy atom. The zero-order valence-electron chi connectivity index (χ0n) is 10.3. The maximum absolute atomic E-state index is 11.3. The van der Waals surface area contributed by atoms with E-state index in [4.69, 9.17) is 11.5 Å². The van der Waals surface area contributed by atoms with Gasteiger partial charge in [0.05, 0.1) is 5.54 Å². The molecule has 1 aliphatic rings. The van der Waals surface area contributed by atoms with Crippen molar-refractivity contribution < 1.29 is 4.79 Å². The lowest BCUT2D eigenvalue weighted by Crippen LogP contribution is -2.51. The molecule has 2 rings (SSSR count). The number of fused-ring (bicyclic) bond motifs is 1. The molecule has 1 aromatic rings. The zero-order valence-corrected chi connectivity index (χ0v) is 10.3. The van der Waals surface area contributed by atoms with Crippen molar-refractivity contribution in [3.8, 4) is 0 Å². The van der Waals surface area contributed by atoms with E-state index in [2.05, 4.69) is 5.32 Å². The molecule has 1 aliphatic carbocycles. The van der Waals surface area contributed by atoms with Crippen LogP contribution in [0.5, 0.6) is 0 Å². The molecule has 0 radical (unpaired) electrons. The number of nitrogen functional groups attached to an aromatic ring is 1. The lowest BCUT2D eigenvalue weighted by molar-refractivity contribution is -0.123. The number of benzene rings is 1. The van der Waals surface area contributed by atoms with Crippen LogP contribution in [0.4, 0.5) is 5.69 Å². The van der Waals surface area contributed by atoms with Crippen molar-refractivity contribution in [1.82, 2.24) is 5.32 Å². The zero-order chi connectivity index (χ0) is 12.6. The molecule has 0 saturated heterocycles. The fraction of sp³-hybridized carbons (Fsp3) is 0.462. The van der Waals surface area contributed by atoms with Crippen molar-refractivity contribution in [2.24, 2.45) is 5.73 Å². The second-order valence-electron chi connectivity index (χ2n) is 5.18. The smallest absolute Gasteiger partial charge is 0.237 e. The summed E-state index contributed by atoms with van der Waals surface area (Å²) in [7, 11) is 0. The molecule has 92 valence electrons. The number of primary amides is 1. The normalized spacial score (nSPS) is 19.1. The summed E-state index contributed by atoms with van der Waals surface area (Å²) >= 11 is 0. The Morgan fingerprint density at radius 2 is 2.18 bits per heavy atom. The molecule has 0 heterocycles. The van der Waals surface area contributed by atoms with Crippen LogP contribution in [0.25, 0.3) is 0 Å². The molecule has 4 heteroatoms. The average Bonchev–Trinajstić information content (AvgIpc) is 2.60. The number of hydrogen-bond donors (Lipinski definition) is 3. The lowest BCUT2D eigenvalue weighted by Gasteiger charge is -2.27. The molecule has 0 spiro atoms. The SMILES string of the molecule is CC(C)(NC1CCc2cc(N)ccc21)C(N)=O. The number of hydrogen-bond acceptors (Lipinski definition) is 3. The van der Waals surface area contributed by atoms with Crippen LogP contribution in [0.1, 0.15) is 37.4 Å². The fourth-order valence-corrected chi connectivity index (χ4v) is 2.29. The first kappa shape index (κ1) is 11.9. The second-order valence-corrected chi connectivity index (χ2v) is 5.18. The van der Waals surface area contributed by atoms with E-state index < -0.39 is 5.54 Å². The van der Waals surface area contributed by atoms with E-state index in [0.717, 1.165) is 18.5 Å². The van der Waals surface area contributed by atoms with Gasteiger partial charge < -0.3 is 11.5 Å². The molecule has 0 bridgehead atoms. The summed E-state index contributed by atoms with van der Waals surface area (Å²) in [6, 6.07) is 6.13. The molecular weight excluding hydrogens is 214 g/mol. The highest BCUT2D eigenvalue weighted by molar-refractivity contribution is 5.83. The van der Waals surface area contributed by atoms with Crippen molar-refractivity contribution in [2.75, 3.05) is 5.73 Å². The molecule has 0 aromatic heterocycles.